The minimum absolute atomic E-state index is 0.180. The fraction of sp³-hybridized carbons (Fsp3) is 0.467. The Bertz CT molecular complexity index is 561. The van der Waals surface area contributed by atoms with E-state index in [2.05, 4.69) is 46.0 Å². The molecule has 0 unspecified atom stereocenters. The van der Waals surface area contributed by atoms with Crippen LogP contribution in [0.25, 0.3) is 0 Å². The lowest BCUT2D eigenvalue weighted by atomic mass is 10.1. The van der Waals surface area contributed by atoms with Gasteiger partial charge in [-0.05, 0) is 42.4 Å². The van der Waals surface area contributed by atoms with E-state index in [1.165, 1.54) is 5.56 Å². The molecule has 114 valence electrons. The van der Waals surface area contributed by atoms with Crippen molar-refractivity contribution in [2.75, 3.05) is 19.6 Å². The Morgan fingerprint density at radius 3 is 2.76 bits per heavy atom. The van der Waals surface area contributed by atoms with E-state index in [1.807, 2.05) is 0 Å². The summed E-state index contributed by atoms with van der Waals surface area (Å²) in [5.74, 6) is 0.0408. The maximum Gasteiger partial charge on any atom is 0.289 e. The Morgan fingerprint density at radius 1 is 1.48 bits per heavy atom. The Labute approximate surface area is 128 Å². The van der Waals surface area contributed by atoms with Crippen molar-refractivity contribution in [3.63, 3.8) is 0 Å². The van der Waals surface area contributed by atoms with Crippen LogP contribution in [-0.2, 0) is 0 Å². The zero-order valence-corrected chi connectivity index (χ0v) is 13.4. The predicted molar refractivity (Wildman–Crippen MR) is 83.6 cm³/mol. The highest BCUT2D eigenvalue weighted by Crippen LogP contribution is 2.22. The molecule has 0 spiro atoms. The summed E-state index contributed by atoms with van der Waals surface area (Å²) in [6, 6.07) is 3.93. The van der Waals surface area contributed by atoms with Crippen LogP contribution in [0.4, 0.5) is 0 Å². The molecule has 5 nitrogen and oxygen atoms in total. The molecule has 0 fully saturated rings. The summed E-state index contributed by atoms with van der Waals surface area (Å²) >= 11 is 1.67. The summed E-state index contributed by atoms with van der Waals surface area (Å²) in [5.41, 5.74) is 1.94. The SMILES string of the molecule is CCN(CC)[C@@H](CNC(=O)c1cc(C)no1)c1ccsc1. The monoisotopic (exact) mass is 307 g/mol. The van der Waals surface area contributed by atoms with Crippen molar-refractivity contribution >= 4 is 17.2 Å². The van der Waals surface area contributed by atoms with Gasteiger partial charge in [0.15, 0.2) is 0 Å². The summed E-state index contributed by atoms with van der Waals surface area (Å²) in [4.78, 5) is 14.4. The van der Waals surface area contributed by atoms with Gasteiger partial charge in [0, 0.05) is 12.6 Å². The second-order valence-corrected chi connectivity index (χ2v) is 5.62. The van der Waals surface area contributed by atoms with E-state index < -0.39 is 0 Å². The van der Waals surface area contributed by atoms with Crippen molar-refractivity contribution in [1.82, 2.24) is 15.4 Å². The molecular weight excluding hydrogens is 286 g/mol. The number of nitrogens with zero attached hydrogens (tertiary/aromatic N) is 2. The van der Waals surface area contributed by atoms with Crippen LogP contribution in [0.15, 0.2) is 27.4 Å². The Kier molecular flexibility index (Phi) is 5.52. The van der Waals surface area contributed by atoms with Crippen LogP contribution in [0.3, 0.4) is 0 Å². The fourth-order valence-corrected chi connectivity index (χ4v) is 3.04. The maximum absolute atomic E-state index is 12.1. The number of carbonyl (C=O) groups is 1. The maximum atomic E-state index is 12.1. The zero-order valence-electron chi connectivity index (χ0n) is 12.6. The van der Waals surface area contributed by atoms with E-state index >= 15 is 0 Å². The number of aryl methyl sites for hydroxylation is 1. The van der Waals surface area contributed by atoms with Gasteiger partial charge in [0.25, 0.3) is 5.91 Å². The number of hydrogen-bond acceptors (Lipinski definition) is 5. The second kappa shape index (κ2) is 7.38. The normalized spacial score (nSPS) is 12.6. The van der Waals surface area contributed by atoms with Gasteiger partial charge in [-0.15, -0.1) is 0 Å². The standard InChI is InChI=1S/C15H21N3O2S/c1-4-18(5-2)13(12-6-7-21-10-12)9-16-15(19)14-8-11(3)17-20-14/h6-8,10,13H,4-5,9H2,1-3H3,(H,16,19)/t13-/m0/s1. The van der Waals surface area contributed by atoms with Crippen LogP contribution in [0.5, 0.6) is 0 Å². The quantitative estimate of drug-likeness (QED) is 0.854. The third-order valence-electron chi connectivity index (χ3n) is 3.49. The van der Waals surface area contributed by atoms with Crippen LogP contribution < -0.4 is 5.32 Å². The van der Waals surface area contributed by atoms with E-state index in [1.54, 1.807) is 24.3 Å². The third-order valence-corrected chi connectivity index (χ3v) is 4.19. The Morgan fingerprint density at radius 2 is 2.24 bits per heavy atom. The molecule has 2 aromatic heterocycles. The number of nitrogens with one attached hydrogen (secondary N) is 1. The molecule has 2 heterocycles. The van der Waals surface area contributed by atoms with Crippen molar-refractivity contribution in [3.8, 4) is 0 Å². The van der Waals surface area contributed by atoms with Gasteiger partial charge in [0.2, 0.25) is 5.76 Å². The largest absolute Gasteiger partial charge is 0.351 e. The van der Waals surface area contributed by atoms with E-state index in [0.717, 1.165) is 13.1 Å². The molecular formula is C15H21N3O2S. The number of amides is 1. The minimum atomic E-state index is -0.219. The summed E-state index contributed by atoms with van der Waals surface area (Å²) < 4.78 is 4.99. The van der Waals surface area contributed by atoms with Crippen LogP contribution in [0.1, 0.15) is 41.7 Å². The van der Waals surface area contributed by atoms with Gasteiger partial charge >= 0.3 is 0 Å². The molecule has 0 saturated heterocycles. The van der Waals surface area contributed by atoms with Crippen molar-refractivity contribution in [2.24, 2.45) is 0 Å². The average Bonchev–Trinajstić information content (AvgIpc) is 3.14. The molecule has 0 aliphatic rings. The number of rotatable bonds is 7. The lowest BCUT2D eigenvalue weighted by molar-refractivity contribution is 0.0898. The molecule has 2 rings (SSSR count). The number of aromatic nitrogens is 1. The van der Waals surface area contributed by atoms with Crippen molar-refractivity contribution in [3.05, 3.63) is 39.9 Å². The molecule has 0 aromatic carbocycles. The highest BCUT2D eigenvalue weighted by atomic mass is 32.1. The first-order valence-electron chi connectivity index (χ1n) is 7.13. The van der Waals surface area contributed by atoms with Crippen LogP contribution in [-0.4, -0.2) is 35.6 Å². The topological polar surface area (TPSA) is 58.4 Å². The smallest absolute Gasteiger partial charge is 0.289 e. The predicted octanol–water partition coefficient (Wildman–Crippen LogP) is 2.86. The molecule has 1 atom stereocenters. The highest BCUT2D eigenvalue weighted by molar-refractivity contribution is 7.07. The molecule has 6 heteroatoms. The van der Waals surface area contributed by atoms with Gasteiger partial charge in [0.1, 0.15) is 0 Å². The number of hydrogen-bond donors (Lipinski definition) is 1. The van der Waals surface area contributed by atoms with Gasteiger partial charge < -0.3 is 9.84 Å². The van der Waals surface area contributed by atoms with Crippen molar-refractivity contribution in [1.29, 1.82) is 0 Å². The summed E-state index contributed by atoms with van der Waals surface area (Å²) in [6.07, 6.45) is 0. The third kappa shape index (κ3) is 3.92. The molecule has 21 heavy (non-hydrogen) atoms. The second-order valence-electron chi connectivity index (χ2n) is 4.84. The molecule has 0 saturated carbocycles. The molecule has 2 aromatic rings. The number of thiophene rings is 1. The van der Waals surface area contributed by atoms with Gasteiger partial charge in [-0.1, -0.05) is 19.0 Å². The number of carbonyl (C=O) groups excluding carboxylic acids is 1. The Balaban J connectivity index is 2.04. The zero-order chi connectivity index (χ0) is 15.2. The average molecular weight is 307 g/mol. The number of likely N-dealkylation sites (N-methyl/N-ethyl adjacent to an activating group) is 1. The van der Waals surface area contributed by atoms with Crippen molar-refractivity contribution < 1.29 is 9.32 Å². The van der Waals surface area contributed by atoms with E-state index in [0.29, 0.717) is 12.2 Å². The highest BCUT2D eigenvalue weighted by Gasteiger charge is 2.20. The van der Waals surface area contributed by atoms with Gasteiger partial charge in [0.05, 0.1) is 11.7 Å². The van der Waals surface area contributed by atoms with Gasteiger partial charge in [-0.2, -0.15) is 11.3 Å². The van der Waals surface area contributed by atoms with Crippen LogP contribution >= 0.6 is 11.3 Å². The summed E-state index contributed by atoms with van der Waals surface area (Å²) in [7, 11) is 0. The summed E-state index contributed by atoms with van der Waals surface area (Å²) in [5, 5.41) is 10.9. The van der Waals surface area contributed by atoms with E-state index in [4.69, 9.17) is 4.52 Å². The van der Waals surface area contributed by atoms with Crippen LogP contribution in [0, 0.1) is 6.92 Å². The van der Waals surface area contributed by atoms with E-state index in [-0.39, 0.29) is 17.7 Å². The minimum Gasteiger partial charge on any atom is -0.351 e. The molecule has 1 N–H and O–H groups in total. The van der Waals surface area contributed by atoms with Crippen LogP contribution in [0.2, 0.25) is 0 Å². The molecule has 1 amide bonds. The summed E-state index contributed by atoms with van der Waals surface area (Å²) in [6.45, 7) is 8.49. The van der Waals surface area contributed by atoms with Gasteiger partial charge in [-0.3, -0.25) is 9.69 Å². The molecule has 0 bridgehead atoms. The first-order valence-corrected chi connectivity index (χ1v) is 8.07. The molecule has 0 aliphatic heterocycles. The Hall–Kier alpha value is -1.66. The first kappa shape index (κ1) is 15.7. The van der Waals surface area contributed by atoms with Crippen molar-refractivity contribution in [2.45, 2.75) is 26.8 Å². The lowest BCUT2D eigenvalue weighted by Crippen LogP contribution is -2.37. The lowest BCUT2D eigenvalue weighted by Gasteiger charge is -2.29. The molecule has 0 aliphatic carbocycles. The fourth-order valence-electron chi connectivity index (χ4n) is 2.33. The first-order chi connectivity index (χ1) is 10.2. The van der Waals surface area contributed by atoms with E-state index in [9.17, 15) is 4.79 Å². The van der Waals surface area contributed by atoms with Gasteiger partial charge in [-0.25, -0.2) is 0 Å². The molecule has 0 radical (unpaired) electrons.